The number of aryl methyl sites for hydroxylation is 2. The maximum Gasteiger partial charge on any atom is 0.311 e. The number of unbranched alkanes of at least 4 members (excludes halogenated alkanes) is 12. The van der Waals surface area contributed by atoms with Crippen LogP contribution in [0.4, 0.5) is 0 Å². The number of benzene rings is 6. The summed E-state index contributed by atoms with van der Waals surface area (Å²) in [4.78, 5) is 27.2. The van der Waals surface area contributed by atoms with Gasteiger partial charge in [0.05, 0.1) is 0 Å². The molecule has 0 bridgehead atoms. The molecule has 6 rings (SSSR count). The van der Waals surface area contributed by atoms with E-state index in [1.165, 1.54) is 62.5 Å². The number of hydrogen-bond donors (Lipinski definition) is 0. The molecule has 58 heavy (non-hydrogen) atoms. The number of carbonyl (C=O) groups is 2. The zero-order chi connectivity index (χ0) is 40.7. The third kappa shape index (κ3) is 10.5. The first kappa shape index (κ1) is 42.9. The highest BCUT2D eigenvalue weighted by Crippen LogP contribution is 2.50. The van der Waals surface area contributed by atoms with Crippen LogP contribution in [0.2, 0.25) is 0 Å². The van der Waals surface area contributed by atoms with E-state index in [2.05, 4.69) is 100 Å². The van der Waals surface area contributed by atoms with E-state index in [1.54, 1.807) is 0 Å². The summed E-state index contributed by atoms with van der Waals surface area (Å²) in [6.07, 6.45) is 20.9. The molecule has 0 aliphatic heterocycles. The van der Waals surface area contributed by atoms with Crippen LogP contribution in [-0.4, -0.2) is 11.9 Å². The van der Waals surface area contributed by atoms with Gasteiger partial charge in [0.2, 0.25) is 0 Å². The topological polar surface area (TPSA) is 52.6 Å². The zero-order valence-corrected chi connectivity index (χ0v) is 35.9. The normalized spacial score (nSPS) is 11.6. The third-order valence-corrected chi connectivity index (χ3v) is 11.8. The second-order valence-corrected chi connectivity index (χ2v) is 16.5. The van der Waals surface area contributed by atoms with E-state index in [9.17, 15) is 9.59 Å². The first-order valence-electron chi connectivity index (χ1n) is 22.8. The van der Waals surface area contributed by atoms with E-state index in [1.807, 2.05) is 12.1 Å². The van der Waals surface area contributed by atoms with Gasteiger partial charge in [0.1, 0.15) is 11.5 Å². The summed E-state index contributed by atoms with van der Waals surface area (Å²) < 4.78 is 12.9. The van der Waals surface area contributed by atoms with Crippen molar-refractivity contribution in [1.82, 2.24) is 0 Å². The van der Waals surface area contributed by atoms with Crippen molar-refractivity contribution >= 4 is 55.0 Å². The minimum Gasteiger partial charge on any atom is -0.425 e. The molecule has 0 aliphatic carbocycles. The van der Waals surface area contributed by atoms with E-state index in [4.69, 9.17) is 9.47 Å². The summed E-state index contributed by atoms with van der Waals surface area (Å²) in [5, 5.41) is 7.94. The van der Waals surface area contributed by atoms with Crippen molar-refractivity contribution < 1.29 is 19.1 Å². The molecule has 0 atom stereocenters. The van der Waals surface area contributed by atoms with Gasteiger partial charge in [0.15, 0.2) is 0 Å². The number of fused-ring (bicyclic) bond motifs is 4. The van der Waals surface area contributed by atoms with Crippen LogP contribution in [0, 0.1) is 0 Å². The summed E-state index contributed by atoms with van der Waals surface area (Å²) in [6.45, 7) is 8.91. The van der Waals surface area contributed by atoms with Gasteiger partial charge >= 0.3 is 11.9 Å². The standard InChI is InChI=1S/C54H66O4/c1-5-9-11-13-15-17-19-31-49(55)57-53-43-29-23-21-27-41(43)51(47-37-39(25-7-3)33-35-45(47)53)52-42-28-22-24-30-44(42)54(46-36-34-40(26-8-4)38-48(46)52)58-50(56)32-20-18-16-14-12-10-6-2/h21-24,27-30,33-38H,5-20,25-26,31-32H2,1-4H3. The van der Waals surface area contributed by atoms with Crippen molar-refractivity contribution in [2.24, 2.45) is 0 Å². The van der Waals surface area contributed by atoms with E-state index >= 15 is 0 Å². The minimum absolute atomic E-state index is 0.173. The van der Waals surface area contributed by atoms with Crippen LogP contribution in [0.15, 0.2) is 84.9 Å². The molecule has 0 saturated heterocycles. The monoisotopic (exact) mass is 778 g/mol. The highest BCUT2D eigenvalue weighted by Gasteiger charge is 2.24. The van der Waals surface area contributed by atoms with Crippen molar-refractivity contribution in [3.8, 4) is 22.6 Å². The highest BCUT2D eigenvalue weighted by molar-refractivity contribution is 6.27. The van der Waals surface area contributed by atoms with Gasteiger partial charge in [0.25, 0.3) is 0 Å². The van der Waals surface area contributed by atoms with Crippen molar-refractivity contribution in [3.05, 3.63) is 96.1 Å². The molecule has 0 aromatic heterocycles. The Morgan fingerprint density at radius 2 is 0.724 bits per heavy atom. The SMILES string of the molecule is CCCCCCCCCC(=O)Oc1c2ccccc2c(-c2c3ccccc3c(OC(=O)CCCCCCCCC)c3ccc(CCC)cc23)c2cc(CCC)ccc12. The molecule has 0 amide bonds. The summed E-state index contributed by atoms with van der Waals surface area (Å²) >= 11 is 0. The molecule has 4 nitrogen and oxygen atoms in total. The smallest absolute Gasteiger partial charge is 0.311 e. The van der Waals surface area contributed by atoms with Gasteiger partial charge < -0.3 is 9.47 Å². The van der Waals surface area contributed by atoms with Crippen LogP contribution in [0.3, 0.4) is 0 Å². The minimum atomic E-state index is -0.173. The first-order chi connectivity index (χ1) is 28.5. The number of rotatable bonds is 23. The fourth-order valence-electron chi connectivity index (χ4n) is 8.80. The van der Waals surface area contributed by atoms with Crippen LogP contribution in [0.1, 0.15) is 154 Å². The van der Waals surface area contributed by atoms with Crippen molar-refractivity contribution in [2.45, 2.75) is 156 Å². The van der Waals surface area contributed by atoms with Crippen LogP contribution < -0.4 is 9.47 Å². The molecule has 0 spiro atoms. The van der Waals surface area contributed by atoms with E-state index in [0.717, 1.165) is 118 Å². The Kier molecular flexibility index (Phi) is 16.2. The molecular formula is C54H66O4. The highest BCUT2D eigenvalue weighted by atomic mass is 16.5. The molecule has 0 N–H and O–H groups in total. The predicted octanol–water partition coefficient (Wildman–Crippen LogP) is 16.0. The lowest BCUT2D eigenvalue weighted by Gasteiger charge is -2.22. The Balaban J connectivity index is 1.49. The number of hydrogen-bond acceptors (Lipinski definition) is 4. The van der Waals surface area contributed by atoms with E-state index < -0.39 is 0 Å². The molecule has 0 fully saturated rings. The van der Waals surface area contributed by atoms with E-state index in [-0.39, 0.29) is 11.9 Å². The third-order valence-electron chi connectivity index (χ3n) is 11.8. The van der Waals surface area contributed by atoms with Crippen molar-refractivity contribution in [2.75, 3.05) is 0 Å². The quantitative estimate of drug-likeness (QED) is 0.0281. The molecule has 306 valence electrons. The Morgan fingerprint density at radius 3 is 1.10 bits per heavy atom. The fourth-order valence-corrected chi connectivity index (χ4v) is 8.80. The summed E-state index contributed by atoms with van der Waals surface area (Å²) in [6, 6.07) is 30.2. The van der Waals surface area contributed by atoms with Crippen LogP contribution >= 0.6 is 0 Å². The fraction of sp³-hybridized carbons (Fsp3) is 0.444. The average molecular weight is 779 g/mol. The van der Waals surface area contributed by atoms with Crippen LogP contribution in [0.25, 0.3) is 54.2 Å². The molecular weight excluding hydrogens is 713 g/mol. The number of carbonyl (C=O) groups excluding carboxylic acids is 2. The second kappa shape index (κ2) is 21.9. The van der Waals surface area contributed by atoms with E-state index in [0.29, 0.717) is 24.3 Å². The van der Waals surface area contributed by atoms with Gasteiger partial charge in [-0.2, -0.15) is 0 Å². The Labute approximate surface area is 347 Å². The molecule has 6 aromatic carbocycles. The number of esters is 2. The van der Waals surface area contributed by atoms with Gasteiger partial charge in [-0.15, -0.1) is 0 Å². The zero-order valence-electron chi connectivity index (χ0n) is 35.9. The lowest BCUT2D eigenvalue weighted by atomic mass is 9.84. The van der Waals surface area contributed by atoms with Crippen LogP contribution in [0.5, 0.6) is 11.5 Å². The summed E-state index contributed by atoms with van der Waals surface area (Å²) in [5.74, 6) is 0.935. The largest absolute Gasteiger partial charge is 0.425 e. The maximum absolute atomic E-state index is 13.6. The Hall–Kier alpha value is -4.70. The Bertz CT molecular complexity index is 2140. The van der Waals surface area contributed by atoms with Gasteiger partial charge in [-0.3, -0.25) is 9.59 Å². The molecule has 0 unspecified atom stereocenters. The van der Waals surface area contributed by atoms with Crippen LogP contribution in [-0.2, 0) is 22.4 Å². The van der Waals surface area contributed by atoms with Gasteiger partial charge in [0, 0.05) is 34.4 Å². The average Bonchev–Trinajstić information content (AvgIpc) is 3.23. The van der Waals surface area contributed by atoms with Crippen molar-refractivity contribution in [1.29, 1.82) is 0 Å². The molecule has 6 aromatic rings. The number of ether oxygens (including phenoxy) is 2. The first-order valence-corrected chi connectivity index (χ1v) is 22.8. The van der Waals surface area contributed by atoms with Gasteiger partial charge in [-0.1, -0.05) is 203 Å². The maximum atomic E-state index is 13.6. The lowest BCUT2D eigenvalue weighted by molar-refractivity contribution is -0.135. The molecule has 4 heteroatoms. The molecule has 0 saturated carbocycles. The summed E-state index contributed by atoms with van der Waals surface area (Å²) in [5.41, 5.74) is 4.74. The molecule has 0 heterocycles. The van der Waals surface area contributed by atoms with Crippen molar-refractivity contribution in [3.63, 3.8) is 0 Å². The molecule has 0 radical (unpaired) electrons. The lowest BCUT2D eigenvalue weighted by Crippen LogP contribution is -2.09. The second-order valence-electron chi connectivity index (χ2n) is 16.5. The van der Waals surface area contributed by atoms with Gasteiger partial charge in [-0.05, 0) is 69.5 Å². The van der Waals surface area contributed by atoms with Gasteiger partial charge in [-0.25, -0.2) is 0 Å². The Morgan fingerprint density at radius 1 is 0.379 bits per heavy atom. The summed E-state index contributed by atoms with van der Waals surface area (Å²) in [7, 11) is 0. The predicted molar refractivity (Wildman–Crippen MR) is 246 cm³/mol. The molecule has 0 aliphatic rings.